The predicted octanol–water partition coefficient (Wildman–Crippen LogP) is 4.47. The summed E-state index contributed by atoms with van der Waals surface area (Å²) in [5.74, 6) is 0.714. The van der Waals surface area contributed by atoms with E-state index in [1.54, 1.807) is 0 Å². The minimum atomic E-state index is 0.143. The van der Waals surface area contributed by atoms with E-state index in [1.165, 1.54) is 0 Å². The molecule has 0 aliphatic rings. The Morgan fingerprint density at radius 2 is 1.81 bits per heavy atom. The third-order valence-corrected chi connectivity index (χ3v) is 5.65. The van der Waals surface area contributed by atoms with Crippen molar-refractivity contribution in [3.8, 4) is 22.5 Å². The van der Waals surface area contributed by atoms with Crippen molar-refractivity contribution in [3.63, 3.8) is 0 Å². The number of carbonyl (C=O) groups excluding carboxylic acids is 1. The van der Waals surface area contributed by atoms with Gasteiger partial charge in [0.1, 0.15) is 6.54 Å². The van der Waals surface area contributed by atoms with Gasteiger partial charge in [-0.25, -0.2) is 0 Å². The van der Waals surface area contributed by atoms with Crippen LogP contribution >= 0.6 is 0 Å². The first-order valence-electron chi connectivity index (χ1n) is 11.0. The molecule has 2 aromatic carbocycles. The number of rotatable bonds is 9. The first kappa shape index (κ1) is 21.5. The van der Waals surface area contributed by atoms with Crippen LogP contribution in [0.3, 0.4) is 0 Å². The highest BCUT2D eigenvalue weighted by Gasteiger charge is 2.15. The van der Waals surface area contributed by atoms with Gasteiger partial charge in [-0.1, -0.05) is 61.9 Å². The van der Waals surface area contributed by atoms with Crippen molar-refractivity contribution < 1.29 is 4.79 Å². The maximum absolute atomic E-state index is 13.0. The summed E-state index contributed by atoms with van der Waals surface area (Å²) in [6.45, 7) is 5.91. The summed E-state index contributed by atoms with van der Waals surface area (Å²) < 4.78 is 2.00. The summed E-state index contributed by atoms with van der Waals surface area (Å²) in [6.07, 6.45) is 4.01. The molecule has 2 heterocycles. The second-order valence-electron chi connectivity index (χ2n) is 7.92. The van der Waals surface area contributed by atoms with Crippen LogP contribution < -0.4 is 0 Å². The normalized spacial score (nSPS) is 10.9. The zero-order valence-electron chi connectivity index (χ0n) is 18.5. The van der Waals surface area contributed by atoms with Crippen LogP contribution in [0.2, 0.25) is 0 Å². The van der Waals surface area contributed by atoms with Crippen LogP contribution in [0.4, 0.5) is 0 Å². The average Bonchev–Trinajstić information content (AvgIpc) is 3.49. The lowest BCUT2D eigenvalue weighted by Gasteiger charge is -2.23. The summed E-state index contributed by atoms with van der Waals surface area (Å²) in [5, 5.41) is 14.4. The summed E-state index contributed by atoms with van der Waals surface area (Å²) in [5.41, 5.74) is 5.25. The Balaban J connectivity index is 1.51. The molecule has 0 aliphatic carbocycles. The molecule has 7 nitrogen and oxygen atoms in total. The van der Waals surface area contributed by atoms with Gasteiger partial charge in [0.25, 0.3) is 0 Å². The van der Waals surface area contributed by atoms with Gasteiger partial charge in [0.05, 0.1) is 0 Å². The topological polar surface area (TPSA) is 79.7 Å². The lowest BCUT2D eigenvalue weighted by atomic mass is 9.98. The molecule has 32 heavy (non-hydrogen) atoms. The van der Waals surface area contributed by atoms with E-state index in [0.29, 0.717) is 18.9 Å². The molecular weight excluding hydrogens is 400 g/mol. The molecule has 1 amide bonds. The van der Waals surface area contributed by atoms with Crippen molar-refractivity contribution >= 4 is 5.91 Å². The molecule has 1 N–H and O–H groups in total. The van der Waals surface area contributed by atoms with Gasteiger partial charge < -0.3 is 9.47 Å². The van der Waals surface area contributed by atoms with Gasteiger partial charge in [-0.15, -0.1) is 10.2 Å². The number of tetrazole rings is 1. The molecule has 0 unspecified atom stereocenters. The minimum Gasteiger partial charge on any atom is -0.342 e. The van der Waals surface area contributed by atoms with E-state index in [4.69, 9.17) is 0 Å². The first-order chi connectivity index (χ1) is 15.7. The number of amides is 1. The Hall–Kier alpha value is -3.74. The van der Waals surface area contributed by atoms with Crippen LogP contribution in [0.25, 0.3) is 22.5 Å². The molecule has 4 aromatic rings. The first-order valence-corrected chi connectivity index (χ1v) is 11.0. The molecule has 164 valence electrons. The lowest BCUT2D eigenvalue weighted by molar-refractivity contribution is -0.132. The van der Waals surface area contributed by atoms with Gasteiger partial charge in [0.2, 0.25) is 11.7 Å². The van der Waals surface area contributed by atoms with Gasteiger partial charge in [-0.2, -0.15) is 5.21 Å². The molecule has 2 aromatic heterocycles. The molecule has 0 saturated carbocycles. The highest BCUT2D eigenvalue weighted by molar-refractivity contribution is 5.80. The predicted molar refractivity (Wildman–Crippen MR) is 125 cm³/mol. The Morgan fingerprint density at radius 1 is 1.03 bits per heavy atom. The Labute approximate surface area is 188 Å². The Morgan fingerprint density at radius 3 is 2.47 bits per heavy atom. The molecule has 7 heteroatoms. The van der Waals surface area contributed by atoms with Gasteiger partial charge in [-0.3, -0.25) is 4.79 Å². The number of aromatic nitrogens is 5. The number of benzene rings is 2. The van der Waals surface area contributed by atoms with Crippen LogP contribution in [-0.2, 0) is 17.9 Å². The van der Waals surface area contributed by atoms with Crippen molar-refractivity contribution in [2.75, 3.05) is 6.54 Å². The quantitative estimate of drug-likeness (QED) is 0.426. The number of carbonyl (C=O) groups is 1. The number of nitrogens with one attached hydrogen (secondary N) is 1. The molecule has 0 spiro atoms. The van der Waals surface area contributed by atoms with Crippen LogP contribution in [0, 0.1) is 6.92 Å². The smallest absolute Gasteiger partial charge is 0.242 e. The third-order valence-electron chi connectivity index (χ3n) is 5.65. The molecule has 0 fully saturated rings. The van der Waals surface area contributed by atoms with Crippen LogP contribution in [0.1, 0.15) is 31.0 Å². The number of H-pyrrole nitrogens is 1. The number of hydrogen-bond acceptors (Lipinski definition) is 4. The second kappa shape index (κ2) is 10.0. The van der Waals surface area contributed by atoms with E-state index in [2.05, 4.69) is 57.9 Å². The molecule has 0 saturated heterocycles. The summed E-state index contributed by atoms with van der Waals surface area (Å²) in [7, 11) is 0. The van der Waals surface area contributed by atoms with Crippen molar-refractivity contribution in [2.24, 2.45) is 0 Å². The number of hydrogen-bond donors (Lipinski definition) is 1. The molecular formula is C25H28N6O. The molecule has 0 atom stereocenters. The van der Waals surface area contributed by atoms with Gasteiger partial charge >= 0.3 is 0 Å². The Bertz CT molecular complexity index is 1150. The van der Waals surface area contributed by atoms with E-state index in [1.807, 2.05) is 52.9 Å². The number of nitrogens with zero attached hydrogens (tertiary/aromatic N) is 5. The van der Waals surface area contributed by atoms with Gasteiger partial charge in [-0.05, 0) is 47.4 Å². The van der Waals surface area contributed by atoms with E-state index in [0.717, 1.165) is 47.3 Å². The lowest BCUT2D eigenvalue weighted by Crippen LogP contribution is -2.34. The van der Waals surface area contributed by atoms with E-state index in [-0.39, 0.29) is 5.91 Å². The summed E-state index contributed by atoms with van der Waals surface area (Å²) >= 11 is 0. The average molecular weight is 429 g/mol. The summed E-state index contributed by atoms with van der Waals surface area (Å²) in [4.78, 5) is 15.0. The summed E-state index contributed by atoms with van der Waals surface area (Å²) in [6, 6.07) is 20.4. The van der Waals surface area contributed by atoms with Crippen molar-refractivity contribution in [1.82, 2.24) is 30.1 Å². The minimum absolute atomic E-state index is 0.143. The zero-order chi connectivity index (χ0) is 22.3. The van der Waals surface area contributed by atoms with E-state index < -0.39 is 0 Å². The molecule has 4 rings (SSSR count). The monoisotopic (exact) mass is 428 g/mol. The standard InChI is InChI=1S/C25H28N6O/c1-3-4-15-31(24(32)18-30-16-7-8-19(30)2)17-20-11-13-21(14-12-20)22-9-5-6-10-23(22)25-26-28-29-27-25/h5-14,16H,3-4,15,17-18H2,1-2H3,(H,26,27,28,29). The van der Waals surface area contributed by atoms with Crippen LogP contribution in [-0.4, -0.2) is 42.5 Å². The fourth-order valence-electron chi connectivity index (χ4n) is 3.78. The molecule has 0 radical (unpaired) electrons. The van der Waals surface area contributed by atoms with Crippen LogP contribution in [0.15, 0.2) is 66.9 Å². The fourth-order valence-corrected chi connectivity index (χ4v) is 3.78. The van der Waals surface area contributed by atoms with Crippen molar-refractivity contribution in [1.29, 1.82) is 0 Å². The largest absolute Gasteiger partial charge is 0.342 e. The Kier molecular flexibility index (Phi) is 6.75. The van der Waals surface area contributed by atoms with Gasteiger partial charge in [0.15, 0.2) is 0 Å². The van der Waals surface area contributed by atoms with Gasteiger partial charge in [0, 0.05) is 30.5 Å². The SMILES string of the molecule is CCCCN(Cc1ccc(-c2ccccc2-c2nn[nH]n2)cc1)C(=O)Cn1cccc1C. The molecule has 0 bridgehead atoms. The van der Waals surface area contributed by atoms with Crippen LogP contribution in [0.5, 0.6) is 0 Å². The van der Waals surface area contributed by atoms with E-state index >= 15 is 0 Å². The van der Waals surface area contributed by atoms with Crippen molar-refractivity contribution in [3.05, 3.63) is 78.1 Å². The maximum atomic E-state index is 13.0. The number of aryl methyl sites for hydroxylation is 1. The third kappa shape index (κ3) is 4.94. The number of unbranched alkanes of at least 4 members (excludes halogenated alkanes) is 1. The zero-order valence-corrected chi connectivity index (χ0v) is 18.5. The highest BCUT2D eigenvalue weighted by atomic mass is 16.2. The highest BCUT2D eigenvalue weighted by Crippen LogP contribution is 2.29. The second-order valence-corrected chi connectivity index (χ2v) is 7.92. The van der Waals surface area contributed by atoms with E-state index in [9.17, 15) is 4.79 Å². The number of aromatic amines is 1. The fraction of sp³-hybridized carbons (Fsp3) is 0.280. The molecule has 0 aliphatic heterocycles. The maximum Gasteiger partial charge on any atom is 0.242 e. The van der Waals surface area contributed by atoms with Crippen molar-refractivity contribution in [2.45, 2.75) is 39.8 Å².